The van der Waals surface area contributed by atoms with Crippen LogP contribution >= 0.6 is 0 Å². The van der Waals surface area contributed by atoms with Gasteiger partial charge in [-0.3, -0.25) is 9.69 Å². The number of likely N-dealkylation sites (tertiary alicyclic amines) is 1. The van der Waals surface area contributed by atoms with E-state index in [0.29, 0.717) is 18.6 Å². The number of nitrogens with one attached hydrogen (secondary N) is 1. The number of carbonyl (C=O) groups is 1. The minimum absolute atomic E-state index is 0.0598. The van der Waals surface area contributed by atoms with Gasteiger partial charge in [0.2, 0.25) is 5.91 Å². The Labute approximate surface area is 132 Å². The van der Waals surface area contributed by atoms with E-state index in [1.165, 1.54) is 11.1 Å². The number of carbonyl (C=O) groups excluding carboxylic acids is 1. The molecule has 1 amide bonds. The van der Waals surface area contributed by atoms with E-state index < -0.39 is 0 Å². The molecule has 0 radical (unpaired) electrons. The molecule has 1 saturated heterocycles. The first-order valence-corrected chi connectivity index (χ1v) is 8.23. The molecule has 0 unspecified atom stereocenters. The lowest BCUT2D eigenvalue weighted by molar-refractivity contribution is -0.126. The van der Waals surface area contributed by atoms with Crippen molar-refractivity contribution in [2.75, 3.05) is 26.8 Å². The molecule has 0 aromatic heterocycles. The van der Waals surface area contributed by atoms with Crippen LogP contribution in [0.1, 0.15) is 24.0 Å². The van der Waals surface area contributed by atoms with E-state index in [-0.39, 0.29) is 11.8 Å². The second-order valence-electron chi connectivity index (χ2n) is 6.73. The SMILES string of the molecule is COC[C@@H]1CN(Cc2ccccc2C)C[C@H]1C(=O)NC1CC1. The van der Waals surface area contributed by atoms with Crippen molar-refractivity contribution >= 4 is 5.91 Å². The molecule has 4 nitrogen and oxygen atoms in total. The quantitative estimate of drug-likeness (QED) is 0.873. The van der Waals surface area contributed by atoms with Gasteiger partial charge in [0.25, 0.3) is 0 Å². The summed E-state index contributed by atoms with van der Waals surface area (Å²) in [6.45, 7) is 5.49. The predicted molar refractivity (Wildman–Crippen MR) is 86.5 cm³/mol. The lowest BCUT2D eigenvalue weighted by Crippen LogP contribution is -2.37. The van der Waals surface area contributed by atoms with E-state index in [0.717, 1.165) is 32.5 Å². The third-order valence-corrected chi connectivity index (χ3v) is 4.81. The van der Waals surface area contributed by atoms with Gasteiger partial charge in [-0.2, -0.15) is 0 Å². The molecule has 2 fully saturated rings. The monoisotopic (exact) mass is 302 g/mol. The average molecular weight is 302 g/mol. The third kappa shape index (κ3) is 3.68. The summed E-state index contributed by atoms with van der Waals surface area (Å²) >= 11 is 0. The Morgan fingerprint density at radius 2 is 2.09 bits per heavy atom. The summed E-state index contributed by atoms with van der Waals surface area (Å²) in [4.78, 5) is 14.8. The van der Waals surface area contributed by atoms with Gasteiger partial charge in [-0.25, -0.2) is 0 Å². The van der Waals surface area contributed by atoms with Crippen LogP contribution in [0.4, 0.5) is 0 Å². The highest BCUT2D eigenvalue weighted by Gasteiger charge is 2.39. The van der Waals surface area contributed by atoms with E-state index in [2.05, 4.69) is 41.4 Å². The van der Waals surface area contributed by atoms with Crippen molar-refractivity contribution in [1.29, 1.82) is 0 Å². The fourth-order valence-corrected chi connectivity index (χ4v) is 3.33. The second kappa shape index (κ2) is 6.80. The van der Waals surface area contributed by atoms with E-state index >= 15 is 0 Å². The summed E-state index contributed by atoms with van der Waals surface area (Å²) in [6, 6.07) is 8.92. The molecule has 1 heterocycles. The number of amides is 1. The molecule has 120 valence electrons. The Hall–Kier alpha value is -1.39. The molecule has 1 aromatic rings. The maximum Gasteiger partial charge on any atom is 0.225 e. The number of nitrogens with zero attached hydrogens (tertiary/aromatic N) is 1. The van der Waals surface area contributed by atoms with Crippen LogP contribution < -0.4 is 5.32 Å². The summed E-state index contributed by atoms with van der Waals surface area (Å²) in [6.07, 6.45) is 2.28. The first-order chi connectivity index (χ1) is 10.7. The highest BCUT2D eigenvalue weighted by Crippen LogP contribution is 2.28. The van der Waals surface area contributed by atoms with E-state index in [9.17, 15) is 4.79 Å². The fraction of sp³-hybridized carbons (Fsp3) is 0.611. The van der Waals surface area contributed by atoms with Gasteiger partial charge < -0.3 is 10.1 Å². The van der Waals surface area contributed by atoms with Crippen molar-refractivity contribution in [1.82, 2.24) is 10.2 Å². The first kappa shape index (κ1) is 15.5. The molecule has 1 aliphatic carbocycles. The third-order valence-electron chi connectivity index (χ3n) is 4.81. The molecule has 1 saturated carbocycles. The minimum atomic E-state index is 0.0598. The van der Waals surface area contributed by atoms with Gasteiger partial charge in [0, 0.05) is 38.7 Å². The Kier molecular flexibility index (Phi) is 4.79. The highest BCUT2D eigenvalue weighted by atomic mass is 16.5. The number of rotatable bonds is 6. The van der Waals surface area contributed by atoms with Crippen LogP contribution in [0.25, 0.3) is 0 Å². The molecule has 3 rings (SSSR count). The van der Waals surface area contributed by atoms with Crippen molar-refractivity contribution < 1.29 is 9.53 Å². The molecule has 22 heavy (non-hydrogen) atoms. The van der Waals surface area contributed by atoms with Gasteiger partial charge in [-0.05, 0) is 30.9 Å². The highest BCUT2D eigenvalue weighted by molar-refractivity contribution is 5.80. The number of hydrogen-bond donors (Lipinski definition) is 1. The van der Waals surface area contributed by atoms with Crippen molar-refractivity contribution in [2.24, 2.45) is 11.8 Å². The summed E-state index contributed by atoms with van der Waals surface area (Å²) < 4.78 is 5.34. The van der Waals surface area contributed by atoms with Crippen molar-refractivity contribution in [3.63, 3.8) is 0 Å². The topological polar surface area (TPSA) is 41.6 Å². The number of benzene rings is 1. The van der Waals surface area contributed by atoms with Crippen LogP contribution in [0.15, 0.2) is 24.3 Å². The zero-order valence-electron chi connectivity index (χ0n) is 13.5. The van der Waals surface area contributed by atoms with Gasteiger partial charge in [0.05, 0.1) is 12.5 Å². The maximum atomic E-state index is 12.5. The normalized spacial score (nSPS) is 25.4. The van der Waals surface area contributed by atoms with Crippen molar-refractivity contribution in [2.45, 2.75) is 32.4 Å². The van der Waals surface area contributed by atoms with Gasteiger partial charge in [0.15, 0.2) is 0 Å². The molecule has 2 aliphatic rings. The Morgan fingerprint density at radius 1 is 1.32 bits per heavy atom. The van der Waals surface area contributed by atoms with Gasteiger partial charge in [-0.1, -0.05) is 24.3 Å². The molecule has 1 N–H and O–H groups in total. The molecular weight excluding hydrogens is 276 g/mol. The molecule has 1 aliphatic heterocycles. The summed E-state index contributed by atoms with van der Waals surface area (Å²) in [5, 5.41) is 3.16. The summed E-state index contributed by atoms with van der Waals surface area (Å²) in [7, 11) is 1.72. The van der Waals surface area contributed by atoms with Gasteiger partial charge in [-0.15, -0.1) is 0 Å². The molecule has 0 bridgehead atoms. The molecule has 0 spiro atoms. The second-order valence-corrected chi connectivity index (χ2v) is 6.73. The summed E-state index contributed by atoms with van der Waals surface area (Å²) in [5.41, 5.74) is 2.67. The van der Waals surface area contributed by atoms with Gasteiger partial charge >= 0.3 is 0 Å². The van der Waals surface area contributed by atoms with Crippen LogP contribution in [-0.4, -0.2) is 43.7 Å². The van der Waals surface area contributed by atoms with E-state index in [1.54, 1.807) is 7.11 Å². The van der Waals surface area contributed by atoms with Crippen molar-refractivity contribution in [3.8, 4) is 0 Å². The van der Waals surface area contributed by atoms with Crippen LogP contribution in [0.5, 0.6) is 0 Å². The lowest BCUT2D eigenvalue weighted by Gasteiger charge is -2.17. The minimum Gasteiger partial charge on any atom is -0.384 e. The number of methoxy groups -OCH3 is 1. The van der Waals surface area contributed by atoms with E-state index in [1.807, 2.05) is 0 Å². The average Bonchev–Trinajstić information content (AvgIpc) is 3.21. The fourth-order valence-electron chi connectivity index (χ4n) is 3.33. The molecular formula is C18H26N2O2. The Balaban J connectivity index is 1.64. The zero-order valence-corrected chi connectivity index (χ0v) is 13.5. The smallest absolute Gasteiger partial charge is 0.225 e. The molecule has 2 atom stereocenters. The molecule has 4 heteroatoms. The van der Waals surface area contributed by atoms with Crippen LogP contribution in [0.2, 0.25) is 0 Å². The van der Waals surface area contributed by atoms with Crippen LogP contribution in [0.3, 0.4) is 0 Å². The Bertz CT molecular complexity index is 528. The number of hydrogen-bond acceptors (Lipinski definition) is 3. The zero-order chi connectivity index (χ0) is 15.5. The number of ether oxygens (including phenoxy) is 1. The Morgan fingerprint density at radius 3 is 2.77 bits per heavy atom. The van der Waals surface area contributed by atoms with Crippen molar-refractivity contribution in [3.05, 3.63) is 35.4 Å². The number of aryl methyl sites for hydroxylation is 1. The van der Waals surface area contributed by atoms with Gasteiger partial charge in [0.1, 0.15) is 0 Å². The van der Waals surface area contributed by atoms with Crippen LogP contribution in [-0.2, 0) is 16.1 Å². The predicted octanol–water partition coefficient (Wildman–Crippen LogP) is 1.97. The van der Waals surface area contributed by atoms with E-state index in [4.69, 9.17) is 4.74 Å². The summed E-state index contributed by atoms with van der Waals surface area (Å²) in [5.74, 6) is 0.578. The first-order valence-electron chi connectivity index (χ1n) is 8.23. The molecule has 1 aromatic carbocycles. The van der Waals surface area contributed by atoms with Crippen LogP contribution in [0, 0.1) is 18.8 Å². The largest absolute Gasteiger partial charge is 0.384 e. The maximum absolute atomic E-state index is 12.5. The lowest BCUT2D eigenvalue weighted by atomic mass is 9.96. The standard InChI is InChI=1S/C18H26N2O2/c1-13-5-3-4-6-14(13)9-20-10-15(12-22-2)17(11-20)18(21)19-16-7-8-16/h3-6,15-17H,7-12H2,1-2H3,(H,19,21)/t15-,17+/m0/s1.